The third-order valence-electron chi connectivity index (χ3n) is 3.83. The number of nitrogens with zero attached hydrogens (tertiary/aromatic N) is 2. The van der Waals surface area contributed by atoms with Gasteiger partial charge in [-0.1, -0.05) is 18.2 Å². The maximum Gasteiger partial charge on any atom is 0.328 e. The minimum atomic E-state index is -1.22. The van der Waals surface area contributed by atoms with Crippen LogP contribution in [0.15, 0.2) is 58.1 Å². The van der Waals surface area contributed by atoms with Crippen LogP contribution >= 0.6 is 0 Å². The van der Waals surface area contributed by atoms with Gasteiger partial charge in [0, 0.05) is 24.1 Å². The highest BCUT2D eigenvalue weighted by molar-refractivity contribution is 6.03. The quantitative estimate of drug-likeness (QED) is 0.833. The number of rotatable bonds is 4. The molecule has 7 nitrogen and oxygen atoms in total. The third kappa shape index (κ3) is 3.45. The van der Waals surface area contributed by atoms with Gasteiger partial charge in [0.1, 0.15) is 23.0 Å². The van der Waals surface area contributed by atoms with Crippen LogP contribution in [0.1, 0.15) is 29.5 Å². The Morgan fingerprint density at radius 3 is 2.64 bits per heavy atom. The molecule has 0 saturated heterocycles. The Morgan fingerprint density at radius 2 is 2.00 bits per heavy atom. The Morgan fingerprint density at radius 1 is 1.24 bits per heavy atom. The summed E-state index contributed by atoms with van der Waals surface area (Å²) in [4.78, 5) is 23.0. The lowest BCUT2D eigenvalue weighted by molar-refractivity contribution is -0.132. The summed E-state index contributed by atoms with van der Waals surface area (Å²) in [7, 11) is 0. The van der Waals surface area contributed by atoms with Crippen LogP contribution in [0.5, 0.6) is 5.75 Å². The maximum atomic E-state index is 12.4. The molecule has 1 atom stereocenters. The predicted octanol–water partition coefficient (Wildman–Crippen LogP) is 2.61. The van der Waals surface area contributed by atoms with Crippen molar-refractivity contribution >= 4 is 17.6 Å². The molecular weight excluding hydrogens is 324 g/mol. The van der Waals surface area contributed by atoms with Crippen molar-refractivity contribution in [3.05, 3.63) is 65.6 Å². The molecule has 0 spiro atoms. The molecule has 0 fully saturated rings. The summed E-state index contributed by atoms with van der Waals surface area (Å²) >= 11 is 0. The number of carbonyl (C=O) groups is 2. The number of amides is 1. The molecule has 2 N–H and O–H groups in total. The van der Waals surface area contributed by atoms with Crippen molar-refractivity contribution in [1.82, 2.24) is 5.01 Å². The Bertz CT molecular complexity index is 881. The van der Waals surface area contributed by atoms with Gasteiger partial charge in [-0.3, -0.25) is 4.79 Å². The monoisotopic (exact) mass is 340 g/mol. The summed E-state index contributed by atoms with van der Waals surface area (Å²) < 4.78 is 5.56. The minimum Gasteiger partial charge on any atom is -0.508 e. The lowest BCUT2D eigenvalue weighted by Crippen LogP contribution is -2.25. The summed E-state index contributed by atoms with van der Waals surface area (Å²) in [5.74, 6) is -0.520. The molecule has 1 aromatic carbocycles. The van der Waals surface area contributed by atoms with Gasteiger partial charge >= 0.3 is 5.97 Å². The Balaban J connectivity index is 1.97. The van der Waals surface area contributed by atoms with Crippen LogP contribution in [0.3, 0.4) is 0 Å². The van der Waals surface area contributed by atoms with Gasteiger partial charge in [-0.05, 0) is 25.1 Å². The zero-order valence-corrected chi connectivity index (χ0v) is 13.4. The summed E-state index contributed by atoms with van der Waals surface area (Å²) in [5.41, 5.74) is 1.08. The first-order chi connectivity index (χ1) is 12.0. The third-order valence-corrected chi connectivity index (χ3v) is 3.83. The molecule has 25 heavy (non-hydrogen) atoms. The summed E-state index contributed by atoms with van der Waals surface area (Å²) in [6.45, 7) is 1.80. The number of hydrogen-bond donors (Lipinski definition) is 2. The Kier molecular flexibility index (Phi) is 4.38. The largest absolute Gasteiger partial charge is 0.508 e. The predicted molar refractivity (Wildman–Crippen MR) is 89.1 cm³/mol. The van der Waals surface area contributed by atoms with Crippen molar-refractivity contribution < 1.29 is 24.2 Å². The fourth-order valence-electron chi connectivity index (χ4n) is 2.68. The standard InChI is InChI=1S/C18H16N2O5/c1-11-6-7-16(25-11)13-10-14(12-4-2-3-5-15(12)21)20(19-13)17(22)8-9-18(23)24/h2-9,14,21H,10H2,1H3,(H,23,24)/b9-8+/t14-/m1/s1. The Labute approximate surface area is 143 Å². The number of phenolic OH excluding ortho intramolecular Hbond substituents is 1. The van der Waals surface area contributed by atoms with Gasteiger partial charge in [0.15, 0.2) is 0 Å². The van der Waals surface area contributed by atoms with E-state index in [2.05, 4.69) is 5.10 Å². The number of phenols is 1. The van der Waals surface area contributed by atoms with Gasteiger partial charge in [-0.2, -0.15) is 5.10 Å². The number of carboxylic acid groups (broad SMARTS) is 1. The second-order valence-electron chi connectivity index (χ2n) is 5.59. The van der Waals surface area contributed by atoms with Gasteiger partial charge < -0.3 is 14.6 Å². The van der Waals surface area contributed by atoms with Crippen LogP contribution in [0.2, 0.25) is 0 Å². The lowest BCUT2D eigenvalue weighted by atomic mass is 10.00. The van der Waals surface area contributed by atoms with Crippen molar-refractivity contribution in [3.63, 3.8) is 0 Å². The highest BCUT2D eigenvalue weighted by atomic mass is 16.4. The normalized spacial score (nSPS) is 17.1. The van der Waals surface area contributed by atoms with Crippen molar-refractivity contribution in [2.45, 2.75) is 19.4 Å². The van der Waals surface area contributed by atoms with Gasteiger partial charge in [-0.15, -0.1) is 0 Å². The number of aromatic hydroxyl groups is 1. The van der Waals surface area contributed by atoms with E-state index < -0.39 is 17.9 Å². The lowest BCUT2D eigenvalue weighted by Gasteiger charge is -2.21. The van der Waals surface area contributed by atoms with Crippen molar-refractivity contribution in [1.29, 1.82) is 0 Å². The fourth-order valence-corrected chi connectivity index (χ4v) is 2.68. The van der Waals surface area contributed by atoms with E-state index in [0.29, 0.717) is 29.2 Å². The molecule has 0 radical (unpaired) electrons. The van der Waals surface area contributed by atoms with E-state index in [1.807, 2.05) is 0 Å². The average Bonchev–Trinajstić information content (AvgIpc) is 3.19. The zero-order valence-electron chi connectivity index (χ0n) is 13.4. The van der Waals surface area contributed by atoms with E-state index in [4.69, 9.17) is 9.52 Å². The van der Waals surface area contributed by atoms with Crippen LogP contribution in [0.25, 0.3) is 0 Å². The first kappa shape index (κ1) is 16.5. The fraction of sp³-hybridized carbons (Fsp3) is 0.167. The second kappa shape index (κ2) is 6.64. The number of hydrazone groups is 1. The molecule has 1 aliphatic heterocycles. The number of carboxylic acids is 1. The molecule has 1 amide bonds. The number of hydrogen-bond acceptors (Lipinski definition) is 5. The minimum absolute atomic E-state index is 0.0413. The molecule has 2 heterocycles. The summed E-state index contributed by atoms with van der Waals surface area (Å²) in [5, 5.41) is 24.3. The number of para-hydroxylation sites is 1. The summed E-state index contributed by atoms with van der Waals surface area (Å²) in [6.07, 6.45) is 2.04. The summed E-state index contributed by atoms with van der Waals surface area (Å²) in [6, 6.07) is 9.67. The van der Waals surface area contributed by atoms with Crippen LogP contribution in [-0.2, 0) is 9.59 Å². The number of carbonyl (C=O) groups excluding carboxylic acids is 1. The van der Waals surface area contributed by atoms with E-state index >= 15 is 0 Å². The highest BCUT2D eigenvalue weighted by Crippen LogP contribution is 2.37. The maximum absolute atomic E-state index is 12.4. The molecule has 0 bridgehead atoms. The van der Waals surface area contributed by atoms with E-state index in [0.717, 1.165) is 12.2 Å². The average molecular weight is 340 g/mol. The van der Waals surface area contributed by atoms with E-state index in [1.54, 1.807) is 37.3 Å². The SMILES string of the molecule is Cc1ccc(C2=NN(C(=O)/C=C/C(=O)O)[C@@H](c3ccccc3O)C2)o1. The van der Waals surface area contributed by atoms with Gasteiger partial charge in [0.25, 0.3) is 5.91 Å². The molecule has 0 aliphatic carbocycles. The first-order valence-corrected chi connectivity index (χ1v) is 7.62. The molecule has 0 unspecified atom stereocenters. The topological polar surface area (TPSA) is 103 Å². The molecule has 2 aromatic rings. The Hall–Kier alpha value is -3.35. The first-order valence-electron chi connectivity index (χ1n) is 7.62. The van der Waals surface area contributed by atoms with Gasteiger partial charge in [0.05, 0.1) is 6.04 Å². The molecule has 7 heteroatoms. The molecule has 1 aromatic heterocycles. The molecular formula is C18H16N2O5. The molecule has 3 rings (SSSR count). The number of furan rings is 1. The smallest absolute Gasteiger partial charge is 0.328 e. The second-order valence-corrected chi connectivity index (χ2v) is 5.59. The van der Waals surface area contributed by atoms with Crippen LogP contribution in [-0.4, -0.2) is 32.8 Å². The number of benzene rings is 1. The van der Waals surface area contributed by atoms with Crippen molar-refractivity contribution in [2.75, 3.05) is 0 Å². The van der Waals surface area contributed by atoms with Gasteiger partial charge in [-0.25, -0.2) is 9.80 Å². The van der Waals surface area contributed by atoms with Crippen LogP contribution < -0.4 is 0 Å². The van der Waals surface area contributed by atoms with E-state index in [1.165, 1.54) is 11.1 Å². The van der Waals surface area contributed by atoms with Crippen LogP contribution in [0, 0.1) is 6.92 Å². The molecule has 1 aliphatic rings. The number of aryl methyl sites for hydroxylation is 1. The number of aliphatic carboxylic acids is 1. The van der Waals surface area contributed by atoms with E-state index in [9.17, 15) is 14.7 Å². The van der Waals surface area contributed by atoms with Crippen LogP contribution in [0.4, 0.5) is 0 Å². The van der Waals surface area contributed by atoms with Gasteiger partial charge in [0.2, 0.25) is 0 Å². The van der Waals surface area contributed by atoms with Crippen molar-refractivity contribution in [2.24, 2.45) is 5.10 Å². The molecule has 0 saturated carbocycles. The van der Waals surface area contributed by atoms with E-state index in [-0.39, 0.29) is 5.75 Å². The van der Waals surface area contributed by atoms with Crippen molar-refractivity contribution in [3.8, 4) is 5.75 Å². The molecule has 128 valence electrons. The zero-order chi connectivity index (χ0) is 18.0. The highest BCUT2D eigenvalue weighted by Gasteiger charge is 2.34.